The summed E-state index contributed by atoms with van der Waals surface area (Å²) in [5, 5.41) is -0.204. The van der Waals surface area contributed by atoms with Gasteiger partial charge in [-0.1, -0.05) is 118 Å². The Kier molecular flexibility index (Phi) is 14.3. The van der Waals surface area contributed by atoms with Crippen molar-refractivity contribution in [1.29, 1.82) is 0 Å². The quantitative estimate of drug-likeness (QED) is 0.114. The third-order valence-electron chi connectivity index (χ3n) is 11.1. The summed E-state index contributed by atoms with van der Waals surface area (Å²) in [7, 11) is -8.82. The third kappa shape index (κ3) is 11.7. The van der Waals surface area contributed by atoms with Gasteiger partial charge >= 0.3 is 5.97 Å². The highest BCUT2D eigenvalue weighted by Gasteiger charge is 2.57. The van der Waals surface area contributed by atoms with Crippen LogP contribution in [-0.2, 0) is 22.8 Å². The number of hydrogen-bond acceptors (Lipinski definition) is 6. The van der Waals surface area contributed by atoms with Crippen LogP contribution in [0.4, 0.5) is 0 Å². The molecular weight excluding hydrogens is 677 g/mol. The fourth-order valence-corrected chi connectivity index (χ4v) is 9.51. The van der Waals surface area contributed by atoms with Crippen molar-refractivity contribution in [2.75, 3.05) is 0 Å². The molecule has 6 nitrogen and oxygen atoms in total. The van der Waals surface area contributed by atoms with Gasteiger partial charge in [-0.25, -0.2) is 4.79 Å². The molecule has 1 aromatic carbocycles. The van der Waals surface area contributed by atoms with E-state index in [-0.39, 0.29) is 21.2 Å². The summed E-state index contributed by atoms with van der Waals surface area (Å²) < 4.78 is 36.0. The number of hydrogen-bond donors (Lipinski definition) is 0. The third-order valence-corrected chi connectivity index (χ3v) is 25.8. The summed E-state index contributed by atoms with van der Waals surface area (Å²) in [6, 6.07) is 9.18. The van der Waals surface area contributed by atoms with Crippen molar-refractivity contribution in [2.45, 2.75) is 179 Å². The van der Waals surface area contributed by atoms with E-state index in [0.29, 0.717) is 12.0 Å². The fourth-order valence-electron chi connectivity index (χ4n) is 4.89. The van der Waals surface area contributed by atoms with Crippen molar-refractivity contribution >= 4 is 39.0 Å². The van der Waals surface area contributed by atoms with Gasteiger partial charge in [-0.3, -0.25) is 0 Å². The number of ether oxygens (including phenoxy) is 2. The first-order valence-electron chi connectivity index (χ1n) is 18.2. The Bertz CT molecular complexity index is 1270. The van der Waals surface area contributed by atoms with E-state index in [2.05, 4.69) is 140 Å². The molecule has 0 N–H and O–H groups in total. The van der Waals surface area contributed by atoms with Gasteiger partial charge in [0.1, 0.15) is 24.4 Å². The van der Waals surface area contributed by atoms with Gasteiger partial charge in [0.05, 0.1) is 19.7 Å². The highest BCUT2D eigenvalue weighted by Crippen LogP contribution is 2.46. The molecule has 49 heavy (non-hydrogen) atoms. The molecule has 1 aromatic rings. The summed E-state index contributed by atoms with van der Waals surface area (Å²) >= 11 is 0. The van der Waals surface area contributed by atoms with Crippen LogP contribution >= 0.6 is 0 Å². The van der Waals surface area contributed by atoms with Gasteiger partial charge < -0.3 is 22.8 Å². The van der Waals surface area contributed by atoms with Crippen molar-refractivity contribution < 1.29 is 27.5 Å². The SMILES string of the molecule is C=CC[C@@H]1O[C@@H](C(/C=C/[Si](C)(C)C)O[Si](C)(C)C(C)(C)C)[C@@H](O[Si](C)(C)C(C)(C)C)[C@@H](O[Si](C)(C)C(C)(C)C)[C@H]1OC(=O)c1ccccc1. The maximum atomic E-state index is 13.8. The average molecular weight is 749 g/mol. The molecule has 0 saturated carbocycles. The number of carbonyl (C=O) groups excluding carboxylic acids is 1. The average Bonchev–Trinajstić information content (AvgIpc) is 2.92. The fraction of sp³-hybridized carbons (Fsp3) is 0.718. The predicted octanol–water partition coefficient (Wildman–Crippen LogP) is 11.2. The Labute approximate surface area is 305 Å². The second-order valence-electron chi connectivity index (χ2n) is 19.7. The Balaban J connectivity index is 2.96. The first-order valence-corrected chi connectivity index (χ1v) is 30.5. The van der Waals surface area contributed by atoms with Crippen LogP contribution in [0.1, 0.15) is 79.1 Å². The largest absolute Gasteiger partial charge is 0.453 e. The Morgan fingerprint density at radius 3 is 1.65 bits per heavy atom. The molecule has 1 aliphatic heterocycles. The lowest BCUT2D eigenvalue weighted by Crippen LogP contribution is -2.68. The van der Waals surface area contributed by atoms with Crippen LogP contribution in [0.25, 0.3) is 0 Å². The number of benzene rings is 1. The number of rotatable bonds is 13. The normalized spacial score (nSPS) is 24.2. The zero-order valence-electron chi connectivity index (χ0n) is 34.4. The van der Waals surface area contributed by atoms with Gasteiger partial charge in [0, 0.05) is 0 Å². The van der Waals surface area contributed by atoms with Gasteiger partial charge in [0.25, 0.3) is 0 Å². The van der Waals surface area contributed by atoms with E-state index in [4.69, 9.17) is 22.8 Å². The Morgan fingerprint density at radius 1 is 0.755 bits per heavy atom. The van der Waals surface area contributed by atoms with E-state index in [9.17, 15) is 4.79 Å². The van der Waals surface area contributed by atoms with Crippen molar-refractivity contribution in [2.24, 2.45) is 0 Å². The van der Waals surface area contributed by atoms with Gasteiger partial charge in [-0.2, -0.15) is 0 Å². The first kappa shape index (κ1) is 44.0. The van der Waals surface area contributed by atoms with Crippen LogP contribution in [-0.4, -0.2) is 75.6 Å². The molecule has 6 atom stereocenters. The van der Waals surface area contributed by atoms with Crippen LogP contribution in [0.2, 0.25) is 74.0 Å². The smallest absolute Gasteiger partial charge is 0.338 e. The van der Waals surface area contributed by atoms with E-state index >= 15 is 0 Å². The lowest BCUT2D eigenvalue weighted by Gasteiger charge is -2.54. The molecule has 1 saturated heterocycles. The van der Waals surface area contributed by atoms with E-state index < -0.39 is 69.5 Å². The highest BCUT2D eigenvalue weighted by molar-refractivity contribution is 6.81. The molecule has 2 rings (SSSR count). The lowest BCUT2D eigenvalue weighted by atomic mass is 9.90. The van der Waals surface area contributed by atoms with Gasteiger partial charge in [-0.15, -0.1) is 6.58 Å². The molecule has 1 fully saturated rings. The topological polar surface area (TPSA) is 63.2 Å². The van der Waals surface area contributed by atoms with Crippen LogP contribution < -0.4 is 0 Å². The van der Waals surface area contributed by atoms with Crippen molar-refractivity contribution in [1.82, 2.24) is 0 Å². The van der Waals surface area contributed by atoms with Crippen molar-refractivity contribution in [3.8, 4) is 0 Å². The molecule has 0 amide bonds. The van der Waals surface area contributed by atoms with Crippen LogP contribution in [0, 0.1) is 0 Å². The summed E-state index contributed by atoms with van der Waals surface area (Å²) in [5.41, 5.74) is 2.86. The van der Waals surface area contributed by atoms with E-state index in [0.717, 1.165) is 0 Å². The first-order chi connectivity index (χ1) is 21.9. The molecule has 10 heteroatoms. The van der Waals surface area contributed by atoms with Gasteiger partial charge in [0.15, 0.2) is 31.1 Å². The van der Waals surface area contributed by atoms with Crippen LogP contribution in [0.3, 0.4) is 0 Å². The summed E-state index contributed by atoms with van der Waals surface area (Å²) in [4.78, 5) is 13.8. The number of carbonyl (C=O) groups is 1. The monoisotopic (exact) mass is 748 g/mol. The second-order valence-corrected chi connectivity index (χ2v) is 39.0. The van der Waals surface area contributed by atoms with E-state index in [1.165, 1.54) is 0 Å². The summed E-state index contributed by atoms with van der Waals surface area (Å²) in [6.45, 7) is 45.1. The molecule has 0 radical (unpaired) electrons. The van der Waals surface area contributed by atoms with Gasteiger partial charge in [-0.05, 0) is 73.0 Å². The molecule has 1 unspecified atom stereocenters. The minimum absolute atomic E-state index is 0.0198. The van der Waals surface area contributed by atoms with E-state index in [1.807, 2.05) is 24.3 Å². The predicted molar refractivity (Wildman–Crippen MR) is 218 cm³/mol. The van der Waals surface area contributed by atoms with Gasteiger partial charge in [0.2, 0.25) is 0 Å². The van der Waals surface area contributed by atoms with Crippen molar-refractivity contribution in [3.63, 3.8) is 0 Å². The summed E-state index contributed by atoms with van der Waals surface area (Å²) in [6.07, 6.45) is 1.35. The van der Waals surface area contributed by atoms with E-state index in [1.54, 1.807) is 12.1 Å². The van der Waals surface area contributed by atoms with Crippen LogP contribution in [0.15, 0.2) is 54.8 Å². The molecule has 0 spiro atoms. The van der Waals surface area contributed by atoms with Crippen LogP contribution in [0.5, 0.6) is 0 Å². The molecule has 0 aromatic heterocycles. The molecule has 280 valence electrons. The minimum atomic E-state index is -2.45. The zero-order chi connectivity index (χ0) is 38.0. The second kappa shape index (κ2) is 15.9. The lowest BCUT2D eigenvalue weighted by molar-refractivity contribution is -0.227. The molecule has 1 heterocycles. The Hall–Kier alpha value is -1.12. The van der Waals surface area contributed by atoms with Crippen molar-refractivity contribution in [3.05, 3.63) is 60.3 Å². The highest BCUT2D eigenvalue weighted by atomic mass is 28.4. The summed E-state index contributed by atoms with van der Waals surface area (Å²) in [5.74, 6) is -0.399. The maximum absolute atomic E-state index is 13.8. The number of esters is 1. The standard InChI is InChI=1S/C39H72O6Si4/c1-20-24-30-32(42-36(40)29-25-22-21-23-26-29)34(44-48(16,17)38(5,6)7)35(45-49(18,19)39(8,9)10)33(41-30)31(27-28-46(11,12)13)43-47(14,15)37(2,3)4/h20-23,25-28,30-35H,1,24H2,2-19H3/b28-27+/t30-,31?,32-,33-,34-,35+/m0/s1. The zero-order valence-corrected chi connectivity index (χ0v) is 38.4. The molecule has 1 aliphatic rings. The molecular formula is C39H72O6Si4. The molecule has 0 aliphatic carbocycles. The molecule has 0 bridgehead atoms. The minimum Gasteiger partial charge on any atom is -0.453 e. The maximum Gasteiger partial charge on any atom is 0.338 e. The Morgan fingerprint density at radius 2 is 1.22 bits per heavy atom.